The van der Waals surface area contributed by atoms with Gasteiger partial charge < -0.3 is 5.32 Å². The van der Waals surface area contributed by atoms with Gasteiger partial charge in [-0.15, -0.1) is 0 Å². The van der Waals surface area contributed by atoms with Gasteiger partial charge in [-0.1, -0.05) is 23.7 Å². The van der Waals surface area contributed by atoms with Gasteiger partial charge in [-0.2, -0.15) is 0 Å². The maximum absolute atomic E-state index is 10.7. The van der Waals surface area contributed by atoms with Crippen LogP contribution in [0.1, 0.15) is 18.1 Å². The molecule has 0 radical (unpaired) electrons. The van der Waals surface area contributed by atoms with Crippen molar-refractivity contribution >= 4 is 17.5 Å². The van der Waals surface area contributed by atoms with Crippen LogP contribution in [0.2, 0.25) is 5.02 Å². The molecule has 1 N–H and O–H groups in total. The molecule has 0 aliphatic heterocycles. The fourth-order valence-corrected chi connectivity index (χ4v) is 1.26. The summed E-state index contributed by atoms with van der Waals surface area (Å²) in [6.45, 7) is 3.99. The van der Waals surface area contributed by atoms with Crippen LogP contribution in [0.5, 0.6) is 0 Å². The lowest BCUT2D eigenvalue weighted by Crippen LogP contribution is -2.19. The van der Waals surface area contributed by atoms with Crippen LogP contribution in [-0.4, -0.2) is 5.91 Å². The Morgan fingerprint density at radius 3 is 2.85 bits per heavy atom. The molecule has 1 aromatic carbocycles. The molecule has 0 saturated heterocycles. The summed E-state index contributed by atoms with van der Waals surface area (Å²) >= 11 is 5.92. The Morgan fingerprint density at radius 2 is 2.23 bits per heavy atom. The van der Waals surface area contributed by atoms with Crippen molar-refractivity contribution in [2.75, 3.05) is 0 Å². The number of hydrogen-bond acceptors (Lipinski definition) is 1. The van der Waals surface area contributed by atoms with E-state index in [2.05, 4.69) is 5.32 Å². The highest BCUT2D eigenvalue weighted by atomic mass is 35.5. The zero-order chi connectivity index (χ0) is 9.84. The molecular formula is C10H12ClNO. The van der Waals surface area contributed by atoms with Crippen LogP contribution in [-0.2, 0) is 11.3 Å². The van der Waals surface area contributed by atoms with Gasteiger partial charge in [0.15, 0.2) is 0 Å². The Hall–Kier alpha value is -1.02. The number of halogens is 1. The zero-order valence-corrected chi connectivity index (χ0v) is 8.48. The monoisotopic (exact) mass is 197 g/mol. The Kier molecular flexibility index (Phi) is 3.32. The number of hydrogen-bond donors (Lipinski definition) is 1. The predicted octanol–water partition coefficient (Wildman–Crippen LogP) is 2.28. The Labute approximate surface area is 82.9 Å². The van der Waals surface area contributed by atoms with Gasteiger partial charge in [-0.05, 0) is 24.1 Å². The van der Waals surface area contributed by atoms with E-state index in [-0.39, 0.29) is 5.91 Å². The molecule has 1 aromatic rings. The number of carbonyl (C=O) groups excluding carboxylic acids is 1. The third-order valence-corrected chi connectivity index (χ3v) is 2.32. The number of nitrogens with one attached hydrogen (secondary N) is 1. The Bertz CT molecular complexity index is 323. The molecule has 0 unspecified atom stereocenters. The molecule has 13 heavy (non-hydrogen) atoms. The lowest BCUT2D eigenvalue weighted by molar-refractivity contribution is -0.119. The summed E-state index contributed by atoms with van der Waals surface area (Å²) in [7, 11) is 0. The van der Waals surface area contributed by atoms with E-state index >= 15 is 0 Å². The van der Waals surface area contributed by atoms with Crippen molar-refractivity contribution in [2.45, 2.75) is 20.4 Å². The average Bonchev–Trinajstić information content (AvgIpc) is 2.07. The molecule has 0 heterocycles. The van der Waals surface area contributed by atoms with Crippen LogP contribution < -0.4 is 5.32 Å². The van der Waals surface area contributed by atoms with Crippen LogP contribution in [0.3, 0.4) is 0 Å². The van der Waals surface area contributed by atoms with Crippen molar-refractivity contribution in [3.05, 3.63) is 34.3 Å². The second-order valence-corrected chi connectivity index (χ2v) is 3.34. The minimum absolute atomic E-state index is 0.0284. The molecule has 0 atom stereocenters. The maximum atomic E-state index is 10.7. The van der Waals surface area contributed by atoms with Crippen LogP contribution in [0.15, 0.2) is 18.2 Å². The smallest absolute Gasteiger partial charge is 0.217 e. The first-order valence-corrected chi connectivity index (χ1v) is 4.47. The molecule has 0 bridgehead atoms. The topological polar surface area (TPSA) is 29.1 Å². The van der Waals surface area contributed by atoms with Crippen molar-refractivity contribution in [2.24, 2.45) is 0 Å². The molecule has 0 aliphatic rings. The minimum atomic E-state index is -0.0284. The highest BCUT2D eigenvalue weighted by molar-refractivity contribution is 6.31. The molecule has 0 aromatic heterocycles. The normalized spacial score (nSPS) is 9.77. The first-order valence-electron chi connectivity index (χ1n) is 4.09. The maximum Gasteiger partial charge on any atom is 0.217 e. The molecule has 0 fully saturated rings. The van der Waals surface area contributed by atoms with E-state index in [4.69, 9.17) is 11.6 Å². The molecule has 0 spiro atoms. The van der Waals surface area contributed by atoms with E-state index < -0.39 is 0 Å². The third kappa shape index (κ3) is 2.74. The van der Waals surface area contributed by atoms with Gasteiger partial charge >= 0.3 is 0 Å². The predicted molar refractivity (Wildman–Crippen MR) is 53.7 cm³/mol. The lowest BCUT2D eigenvalue weighted by Gasteiger charge is -2.07. The summed E-state index contributed by atoms with van der Waals surface area (Å²) in [6.07, 6.45) is 0. The summed E-state index contributed by atoms with van der Waals surface area (Å²) in [5.74, 6) is -0.0284. The van der Waals surface area contributed by atoms with Crippen molar-refractivity contribution in [1.29, 1.82) is 0 Å². The van der Waals surface area contributed by atoms with Gasteiger partial charge in [0.05, 0.1) is 0 Å². The fourth-order valence-electron chi connectivity index (χ4n) is 1.06. The number of carbonyl (C=O) groups is 1. The van der Waals surface area contributed by atoms with Crippen LogP contribution in [0.25, 0.3) is 0 Å². The first kappa shape index (κ1) is 10.1. The summed E-state index contributed by atoms with van der Waals surface area (Å²) < 4.78 is 0. The van der Waals surface area contributed by atoms with Crippen LogP contribution in [0.4, 0.5) is 0 Å². The second kappa shape index (κ2) is 4.28. The minimum Gasteiger partial charge on any atom is -0.352 e. The zero-order valence-electron chi connectivity index (χ0n) is 7.73. The summed E-state index contributed by atoms with van der Waals surface area (Å²) in [6, 6.07) is 5.68. The van der Waals surface area contributed by atoms with Crippen LogP contribution in [0, 0.1) is 6.92 Å². The van der Waals surface area contributed by atoms with Gasteiger partial charge in [-0.3, -0.25) is 4.79 Å². The van der Waals surface area contributed by atoms with E-state index in [1.807, 2.05) is 25.1 Å². The lowest BCUT2D eigenvalue weighted by atomic mass is 10.1. The van der Waals surface area contributed by atoms with Gasteiger partial charge in [0, 0.05) is 18.5 Å². The van der Waals surface area contributed by atoms with E-state index in [1.54, 1.807) is 0 Å². The SMILES string of the molecule is CC(=O)NCc1cccc(Cl)c1C. The molecule has 1 rings (SSSR count). The fraction of sp³-hybridized carbons (Fsp3) is 0.300. The first-order chi connectivity index (χ1) is 6.11. The molecule has 0 aliphatic carbocycles. The quantitative estimate of drug-likeness (QED) is 0.775. The standard InChI is InChI=1S/C10H12ClNO/c1-7-9(6-12-8(2)13)4-3-5-10(7)11/h3-5H,6H2,1-2H3,(H,12,13). The van der Waals surface area contributed by atoms with E-state index in [1.165, 1.54) is 6.92 Å². The van der Waals surface area contributed by atoms with E-state index in [9.17, 15) is 4.79 Å². The van der Waals surface area contributed by atoms with E-state index in [0.29, 0.717) is 6.54 Å². The molecule has 1 amide bonds. The average molecular weight is 198 g/mol. The number of rotatable bonds is 2. The molecule has 3 heteroatoms. The van der Waals surface area contributed by atoms with Crippen molar-refractivity contribution in [1.82, 2.24) is 5.32 Å². The van der Waals surface area contributed by atoms with Crippen molar-refractivity contribution < 1.29 is 4.79 Å². The number of amides is 1. The highest BCUT2D eigenvalue weighted by Gasteiger charge is 2.01. The van der Waals surface area contributed by atoms with Gasteiger partial charge in [-0.25, -0.2) is 0 Å². The molecule has 0 saturated carbocycles. The summed E-state index contributed by atoms with van der Waals surface area (Å²) in [5, 5.41) is 3.47. The summed E-state index contributed by atoms with van der Waals surface area (Å²) in [5.41, 5.74) is 2.08. The molecule has 2 nitrogen and oxygen atoms in total. The number of benzene rings is 1. The van der Waals surface area contributed by atoms with Gasteiger partial charge in [0.1, 0.15) is 0 Å². The summed E-state index contributed by atoms with van der Waals surface area (Å²) in [4.78, 5) is 10.7. The second-order valence-electron chi connectivity index (χ2n) is 2.93. The third-order valence-electron chi connectivity index (χ3n) is 1.91. The Balaban J connectivity index is 2.77. The Morgan fingerprint density at radius 1 is 1.54 bits per heavy atom. The van der Waals surface area contributed by atoms with Crippen molar-refractivity contribution in [3.8, 4) is 0 Å². The highest BCUT2D eigenvalue weighted by Crippen LogP contribution is 2.18. The van der Waals surface area contributed by atoms with E-state index in [0.717, 1.165) is 16.1 Å². The molecular weight excluding hydrogens is 186 g/mol. The largest absolute Gasteiger partial charge is 0.352 e. The molecule has 70 valence electrons. The van der Waals surface area contributed by atoms with Gasteiger partial charge in [0.25, 0.3) is 0 Å². The van der Waals surface area contributed by atoms with Gasteiger partial charge in [0.2, 0.25) is 5.91 Å². The van der Waals surface area contributed by atoms with Crippen molar-refractivity contribution in [3.63, 3.8) is 0 Å². The van der Waals surface area contributed by atoms with Crippen LogP contribution >= 0.6 is 11.6 Å².